The highest BCUT2D eigenvalue weighted by Crippen LogP contribution is 2.30. The number of fused-ring (bicyclic) bond motifs is 1. The number of aryl methyl sites for hydroxylation is 1. The molecule has 0 radical (unpaired) electrons. The van der Waals surface area contributed by atoms with Crippen LogP contribution in [0.25, 0.3) is 0 Å². The summed E-state index contributed by atoms with van der Waals surface area (Å²) in [6.07, 6.45) is 8.44. The van der Waals surface area contributed by atoms with Gasteiger partial charge in [-0.25, -0.2) is 9.78 Å². The molecule has 4 rings (SSSR count). The third kappa shape index (κ3) is 5.98. The maximum absolute atomic E-state index is 12.4. The molecule has 2 aliphatic rings. The number of aromatic nitrogens is 2. The Labute approximate surface area is 206 Å². The molecule has 2 aliphatic carbocycles. The highest BCUT2D eigenvalue weighted by Gasteiger charge is 2.24. The average molecular weight is 482 g/mol. The van der Waals surface area contributed by atoms with Crippen LogP contribution >= 0.6 is 0 Å². The molecule has 35 heavy (non-hydrogen) atoms. The van der Waals surface area contributed by atoms with Gasteiger partial charge >= 0.3 is 6.03 Å². The molecule has 1 aromatic heterocycles. The van der Waals surface area contributed by atoms with Gasteiger partial charge in [0.1, 0.15) is 5.82 Å². The molecule has 0 unspecified atom stereocenters. The second-order valence-corrected chi connectivity index (χ2v) is 9.80. The van der Waals surface area contributed by atoms with Crippen molar-refractivity contribution < 1.29 is 9.72 Å². The van der Waals surface area contributed by atoms with E-state index in [4.69, 9.17) is 9.97 Å². The molecule has 2 aromatic rings. The van der Waals surface area contributed by atoms with Crippen LogP contribution < -0.4 is 20.9 Å². The summed E-state index contributed by atoms with van der Waals surface area (Å²) in [6, 6.07) is 4.66. The summed E-state index contributed by atoms with van der Waals surface area (Å²) >= 11 is 0. The van der Waals surface area contributed by atoms with Crippen LogP contribution in [0.3, 0.4) is 0 Å². The standard InChI is InChI=1S/C25H35N7O3/c1-16-20(9-6-10-22(16)32(34)35)29-25(33)26-15-17-11-13-18(14-12-17)27-24-28-21-8-5-4-7-19(21)23(30-24)31(2)3/h6,9-10,17-18H,4-5,7-8,11-15H2,1-3H3,(H2,26,29,33)(H,27,28,30). The summed E-state index contributed by atoms with van der Waals surface area (Å²) < 4.78 is 0. The van der Waals surface area contributed by atoms with Crippen LogP contribution in [0.15, 0.2) is 18.2 Å². The van der Waals surface area contributed by atoms with E-state index in [0.29, 0.717) is 29.8 Å². The lowest BCUT2D eigenvalue weighted by Gasteiger charge is -2.30. The van der Waals surface area contributed by atoms with Crippen molar-refractivity contribution in [1.82, 2.24) is 15.3 Å². The van der Waals surface area contributed by atoms with Crippen LogP contribution in [0.2, 0.25) is 0 Å². The van der Waals surface area contributed by atoms with Crippen molar-refractivity contribution >= 4 is 29.2 Å². The van der Waals surface area contributed by atoms with Gasteiger partial charge in [0.15, 0.2) is 0 Å². The minimum Gasteiger partial charge on any atom is -0.362 e. The highest BCUT2D eigenvalue weighted by atomic mass is 16.6. The zero-order valence-electron chi connectivity index (χ0n) is 20.8. The molecular formula is C25H35N7O3. The molecule has 1 heterocycles. The zero-order valence-corrected chi connectivity index (χ0v) is 20.8. The van der Waals surface area contributed by atoms with Crippen LogP contribution in [0.4, 0.5) is 27.9 Å². The van der Waals surface area contributed by atoms with Crippen LogP contribution in [0, 0.1) is 23.0 Å². The van der Waals surface area contributed by atoms with E-state index < -0.39 is 4.92 Å². The number of nitrogens with one attached hydrogen (secondary N) is 3. The lowest BCUT2D eigenvalue weighted by atomic mass is 9.86. The summed E-state index contributed by atoms with van der Waals surface area (Å²) in [7, 11) is 4.07. The third-order valence-corrected chi connectivity index (χ3v) is 7.07. The number of hydrogen-bond acceptors (Lipinski definition) is 7. The molecule has 1 fully saturated rings. The Bertz CT molecular complexity index is 1080. The van der Waals surface area contributed by atoms with Crippen molar-refractivity contribution in [3.63, 3.8) is 0 Å². The van der Waals surface area contributed by atoms with Crippen molar-refractivity contribution in [3.8, 4) is 0 Å². The predicted octanol–water partition coefficient (Wildman–Crippen LogP) is 4.43. The largest absolute Gasteiger partial charge is 0.362 e. The smallest absolute Gasteiger partial charge is 0.319 e. The average Bonchev–Trinajstić information content (AvgIpc) is 2.84. The van der Waals surface area contributed by atoms with Crippen LogP contribution in [-0.2, 0) is 12.8 Å². The second kappa shape index (κ2) is 10.9. The van der Waals surface area contributed by atoms with Crippen LogP contribution in [-0.4, -0.2) is 47.6 Å². The molecule has 0 bridgehead atoms. The summed E-state index contributed by atoms with van der Waals surface area (Å²) in [5.41, 5.74) is 3.36. The molecule has 0 saturated heterocycles. The molecule has 1 saturated carbocycles. The first kappa shape index (κ1) is 24.7. The molecule has 188 valence electrons. The number of anilines is 3. The minimum atomic E-state index is -0.443. The topological polar surface area (TPSA) is 125 Å². The summed E-state index contributed by atoms with van der Waals surface area (Å²) in [5.74, 6) is 2.15. The van der Waals surface area contributed by atoms with Gasteiger partial charge in [-0.1, -0.05) is 6.07 Å². The first-order valence-electron chi connectivity index (χ1n) is 12.4. The fourth-order valence-corrected chi connectivity index (χ4v) is 5.06. The second-order valence-electron chi connectivity index (χ2n) is 9.80. The Kier molecular flexibility index (Phi) is 7.67. The highest BCUT2D eigenvalue weighted by molar-refractivity contribution is 5.90. The normalized spacial score (nSPS) is 19.4. The third-order valence-electron chi connectivity index (χ3n) is 7.07. The van der Waals surface area contributed by atoms with E-state index >= 15 is 0 Å². The molecular weight excluding hydrogens is 446 g/mol. The van der Waals surface area contributed by atoms with Crippen molar-refractivity contribution in [3.05, 3.63) is 45.1 Å². The van der Waals surface area contributed by atoms with Crippen molar-refractivity contribution in [2.75, 3.05) is 36.2 Å². The summed E-state index contributed by atoms with van der Waals surface area (Å²) in [4.78, 5) is 34.8. The van der Waals surface area contributed by atoms with Gasteiger partial charge in [0.05, 0.1) is 21.9 Å². The number of amides is 2. The van der Waals surface area contributed by atoms with E-state index in [2.05, 4.69) is 20.9 Å². The first-order valence-corrected chi connectivity index (χ1v) is 12.4. The number of nitro benzene ring substituents is 1. The lowest BCUT2D eigenvalue weighted by Crippen LogP contribution is -2.36. The van der Waals surface area contributed by atoms with Gasteiger partial charge in [0.25, 0.3) is 5.69 Å². The quantitative estimate of drug-likeness (QED) is 0.394. The van der Waals surface area contributed by atoms with Gasteiger partial charge in [0.2, 0.25) is 5.95 Å². The summed E-state index contributed by atoms with van der Waals surface area (Å²) in [5, 5.41) is 20.3. The van der Waals surface area contributed by atoms with Gasteiger partial charge in [-0.05, 0) is 70.3 Å². The SMILES string of the molecule is Cc1c(NC(=O)NCC2CCC(Nc3nc4c(c(N(C)C)n3)CCCC4)CC2)cccc1[N+](=O)[O-]. The van der Waals surface area contributed by atoms with Gasteiger partial charge in [-0.3, -0.25) is 10.1 Å². The molecule has 10 heteroatoms. The fraction of sp³-hybridized carbons (Fsp3) is 0.560. The Morgan fingerprint density at radius 1 is 1.14 bits per heavy atom. The Hall–Kier alpha value is -3.43. The molecule has 3 N–H and O–H groups in total. The van der Waals surface area contributed by atoms with Crippen molar-refractivity contribution in [1.29, 1.82) is 0 Å². The van der Waals surface area contributed by atoms with E-state index in [-0.39, 0.29) is 11.7 Å². The van der Waals surface area contributed by atoms with Crippen molar-refractivity contribution in [2.45, 2.75) is 64.3 Å². The molecule has 1 aromatic carbocycles. The van der Waals surface area contributed by atoms with Gasteiger partial charge in [-0.15, -0.1) is 0 Å². The molecule has 2 amide bonds. The summed E-state index contributed by atoms with van der Waals surface area (Å²) in [6.45, 7) is 2.21. The maximum atomic E-state index is 12.4. The fourth-order valence-electron chi connectivity index (χ4n) is 5.06. The Morgan fingerprint density at radius 2 is 1.89 bits per heavy atom. The maximum Gasteiger partial charge on any atom is 0.319 e. The number of nitro groups is 1. The van der Waals surface area contributed by atoms with Crippen molar-refractivity contribution in [2.24, 2.45) is 5.92 Å². The minimum absolute atomic E-state index is 0.00534. The lowest BCUT2D eigenvalue weighted by molar-refractivity contribution is -0.385. The Balaban J connectivity index is 1.26. The number of benzene rings is 1. The number of hydrogen-bond donors (Lipinski definition) is 3. The molecule has 10 nitrogen and oxygen atoms in total. The molecule has 0 spiro atoms. The van der Waals surface area contributed by atoms with Crippen LogP contribution in [0.5, 0.6) is 0 Å². The van der Waals surface area contributed by atoms with E-state index in [1.165, 1.54) is 30.2 Å². The molecule has 0 aliphatic heterocycles. The zero-order chi connectivity index (χ0) is 24.9. The van der Waals surface area contributed by atoms with E-state index in [1.54, 1.807) is 19.1 Å². The van der Waals surface area contributed by atoms with E-state index in [9.17, 15) is 14.9 Å². The number of urea groups is 1. The van der Waals surface area contributed by atoms with Gasteiger partial charge in [-0.2, -0.15) is 4.98 Å². The van der Waals surface area contributed by atoms with Gasteiger partial charge in [0, 0.05) is 38.3 Å². The number of carbonyl (C=O) groups excluding carboxylic acids is 1. The first-order chi connectivity index (χ1) is 16.8. The predicted molar refractivity (Wildman–Crippen MR) is 137 cm³/mol. The van der Waals surface area contributed by atoms with Gasteiger partial charge < -0.3 is 20.9 Å². The molecule has 0 atom stereocenters. The van der Waals surface area contributed by atoms with Crippen LogP contribution in [0.1, 0.15) is 55.3 Å². The Morgan fingerprint density at radius 3 is 2.60 bits per heavy atom. The monoisotopic (exact) mass is 481 g/mol. The van der Waals surface area contributed by atoms with E-state index in [0.717, 1.165) is 50.3 Å². The van der Waals surface area contributed by atoms with E-state index in [1.807, 2.05) is 14.1 Å². The number of rotatable bonds is 7. The number of carbonyl (C=O) groups is 1. The number of nitrogens with zero attached hydrogens (tertiary/aromatic N) is 4.